The van der Waals surface area contributed by atoms with Gasteiger partial charge in [-0.1, -0.05) is 38.1 Å². The number of benzene rings is 2. The van der Waals surface area contributed by atoms with Crippen LogP contribution < -0.4 is 10.1 Å². The number of nitrogens with zero attached hydrogens (tertiary/aromatic N) is 2. The molecule has 0 bridgehead atoms. The highest BCUT2D eigenvalue weighted by Crippen LogP contribution is 2.29. The Bertz CT molecular complexity index is 1060. The molecule has 0 spiro atoms. The van der Waals surface area contributed by atoms with E-state index in [-0.39, 0.29) is 17.7 Å². The van der Waals surface area contributed by atoms with E-state index < -0.39 is 6.36 Å². The first-order valence-corrected chi connectivity index (χ1v) is 10.4. The van der Waals surface area contributed by atoms with E-state index in [0.717, 1.165) is 12.8 Å². The number of ether oxygens (including phenoxy) is 1. The highest BCUT2D eigenvalue weighted by molar-refractivity contribution is 5.93. The molecular formula is C24H26F3N3O2. The fraction of sp³-hybridized carbons (Fsp3) is 0.333. The number of nitrogens with one attached hydrogen (secondary N) is 1. The van der Waals surface area contributed by atoms with Gasteiger partial charge in [-0.15, -0.1) is 13.2 Å². The number of halogens is 3. The third kappa shape index (κ3) is 6.35. The van der Waals surface area contributed by atoms with Gasteiger partial charge in [-0.05, 0) is 61.1 Å². The molecule has 170 valence electrons. The van der Waals surface area contributed by atoms with Gasteiger partial charge in [0.15, 0.2) is 0 Å². The molecule has 0 radical (unpaired) electrons. The molecule has 0 unspecified atom stereocenters. The Labute approximate surface area is 185 Å². The van der Waals surface area contributed by atoms with E-state index in [2.05, 4.69) is 28.9 Å². The first-order chi connectivity index (χ1) is 15.1. The Morgan fingerprint density at radius 3 is 2.44 bits per heavy atom. The second-order valence-electron chi connectivity index (χ2n) is 8.12. The van der Waals surface area contributed by atoms with Crippen LogP contribution in [-0.4, -0.2) is 27.9 Å². The van der Waals surface area contributed by atoms with Gasteiger partial charge in [-0.3, -0.25) is 9.36 Å². The summed E-state index contributed by atoms with van der Waals surface area (Å²) in [6, 6.07) is 12.9. The number of imidazole rings is 1. The maximum Gasteiger partial charge on any atom is 0.573 e. The van der Waals surface area contributed by atoms with Crippen molar-refractivity contribution in [2.24, 2.45) is 5.92 Å². The van der Waals surface area contributed by atoms with Crippen LogP contribution in [-0.2, 0) is 0 Å². The summed E-state index contributed by atoms with van der Waals surface area (Å²) in [5.74, 6) is 0.0332. The average Bonchev–Trinajstić information content (AvgIpc) is 3.21. The molecule has 1 amide bonds. The van der Waals surface area contributed by atoms with Gasteiger partial charge in [0.25, 0.3) is 5.91 Å². The Kier molecular flexibility index (Phi) is 7.22. The second kappa shape index (κ2) is 9.89. The normalized spacial score (nSPS) is 12.6. The third-order valence-corrected chi connectivity index (χ3v) is 4.95. The van der Waals surface area contributed by atoms with Crippen LogP contribution in [0.3, 0.4) is 0 Å². The van der Waals surface area contributed by atoms with Crippen LogP contribution in [0.2, 0.25) is 0 Å². The van der Waals surface area contributed by atoms with Crippen molar-refractivity contribution >= 4 is 5.91 Å². The molecule has 1 N–H and O–H groups in total. The highest BCUT2D eigenvalue weighted by Gasteiger charge is 2.31. The van der Waals surface area contributed by atoms with Crippen molar-refractivity contribution in [1.29, 1.82) is 0 Å². The van der Waals surface area contributed by atoms with E-state index in [4.69, 9.17) is 0 Å². The number of amides is 1. The summed E-state index contributed by atoms with van der Waals surface area (Å²) in [6.07, 6.45) is 0.167. The summed E-state index contributed by atoms with van der Waals surface area (Å²) in [4.78, 5) is 16.9. The molecule has 0 saturated heterocycles. The minimum Gasteiger partial charge on any atom is -0.406 e. The molecule has 0 aliphatic carbocycles. The van der Waals surface area contributed by atoms with Crippen molar-refractivity contribution in [3.63, 3.8) is 0 Å². The summed E-state index contributed by atoms with van der Waals surface area (Å²) < 4.78 is 43.3. The van der Waals surface area contributed by atoms with Crippen molar-refractivity contribution in [2.75, 3.05) is 0 Å². The van der Waals surface area contributed by atoms with Crippen molar-refractivity contribution in [2.45, 2.75) is 46.0 Å². The summed E-state index contributed by atoms with van der Waals surface area (Å²) in [7, 11) is 0. The molecular weight excluding hydrogens is 419 g/mol. The van der Waals surface area contributed by atoms with Gasteiger partial charge in [0.05, 0.1) is 12.5 Å². The van der Waals surface area contributed by atoms with Crippen molar-refractivity contribution in [3.8, 4) is 22.6 Å². The zero-order chi connectivity index (χ0) is 23.3. The molecule has 2 aromatic carbocycles. The van der Waals surface area contributed by atoms with E-state index in [1.54, 1.807) is 34.9 Å². The fourth-order valence-corrected chi connectivity index (χ4v) is 3.33. The SMILES string of the molecule is CC(C)CC[C@@H](C)NC(=O)c1cncn1-c1cccc(-c2cccc(OC(F)(F)F)c2)c1. The standard InChI is InChI=1S/C24H26F3N3O2/c1-16(2)10-11-17(3)29-23(31)22-14-28-15-30(22)20-8-4-6-18(12-20)19-7-5-9-21(13-19)32-24(25,26)27/h4-9,12-17H,10-11H2,1-3H3,(H,29,31)/t17-/m1/s1. The number of rotatable bonds is 8. The van der Waals surface area contributed by atoms with Crippen LogP contribution >= 0.6 is 0 Å². The van der Waals surface area contributed by atoms with E-state index in [0.29, 0.717) is 28.4 Å². The van der Waals surface area contributed by atoms with Crippen molar-refractivity contribution in [3.05, 3.63) is 66.7 Å². The zero-order valence-electron chi connectivity index (χ0n) is 18.2. The van der Waals surface area contributed by atoms with E-state index in [1.807, 2.05) is 6.92 Å². The lowest BCUT2D eigenvalue weighted by Crippen LogP contribution is -2.33. The molecule has 1 heterocycles. The fourth-order valence-electron chi connectivity index (χ4n) is 3.33. The van der Waals surface area contributed by atoms with Gasteiger partial charge in [-0.2, -0.15) is 0 Å². The molecule has 0 aliphatic heterocycles. The minimum absolute atomic E-state index is 0.0240. The maximum atomic E-state index is 12.8. The quantitative estimate of drug-likeness (QED) is 0.463. The first kappa shape index (κ1) is 23.4. The number of aromatic nitrogens is 2. The average molecular weight is 445 g/mol. The summed E-state index contributed by atoms with van der Waals surface area (Å²) in [5, 5.41) is 3.00. The summed E-state index contributed by atoms with van der Waals surface area (Å²) >= 11 is 0. The summed E-state index contributed by atoms with van der Waals surface area (Å²) in [6.45, 7) is 6.25. The molecule has 5 nitrogen and oxygen atoms in total. The number of hydrogen-bond acceptors (Lipinski definition) is 3. The van der Waals surface area contributed by atoms with Crippen LogP contribution in [0, 0.1) is 5.92 Å². The second-order valence-corrected chi connectivity index (χ2v) is 8.12. The maximum absolute atomic E-state index is 12.8. The number of carbonyl (C=O) groups is 1. The lowest BCUT2D eigenvalue weighted by atomic mass is 10.0. The van der Waals surface area contributed by atoms with E-state index in [1.165, 1.54) is 30.7 Å². The van der Waals surface area contributed by atoms with Crippen LogP contribution in [0.25, 0.3) is 16.8 Å². The van der Waals surface area contributed by atoms with Gasteiger partial charge in [0.2, 0.25) is 0 Å². The van der Waals surface area contributed by atoms with Gasteiger partial charge < -0.3 is 10.1 Å². The predicted molar refractivity (Wildman–Crippen MR) is 117 cm³/mol. The largest absolute Gasteiger partial charge is 0.573 e. The Morgan fingerprint density at radius 1 is 1.06 bits per heavy atom. The molecule has 0 saturated carbocycles. The van der Waals surface area contributed by atoms with Gasteiger partial charge in [-0.25, -0.2) is 4.98 Å². The molecule has 1 atom stereocenters. The Balaban J connectivity index is 1.82. The molecule has 0 aliphatic rings. The third-order valence-electron chi connectivity index (χ3n) is 4.95. The number of hydrogen-bond donors (Lipinski definition) is 1. The Morgan fingerprint density at radius 2 is 1.75 bits per heavy atom. The smallest absolute Gasteiger partial charge is 0.406 e. The van der Waals surface area contributed by atoms with Crippen LogP contribution in [0.1, 0.15) is 44.1 Å². The molecule has 32 heavy (non-hydrogen) atoms. The van der Waals surface area contributed by atoms with Crippen LogP contribution in [0.15, 0.2) is 61.1 Å². The van der Waals surface area contributed by atoms with Crippen molar-refractivity contribution in [1.82, 2.24) is 14.9 Å². The minimum atomic E-state index is -4.76. The van der Waals surface area contributed by atoms with Gasteiger partial charge >= 0.3 is 6.36 Å². The number of carbonyl (C=O) groups excluding carboxylic acids is 1. The molecule has 3 rings (SSSR count). The highest BCUT2D eigenvalue weighted by atomic mass is 19.4. The topological polar surface area (TPSA) is 56.2 Å². The zero-order valence-corrected chi connectivity index (χ0v) is 18.2. The monoisotopic (exact) mass is 445 g/mol. The number of alkyl halides is 3. The van der Waals surface area contributed by atoms with Crippen LogP contribution in [0.5, 0.6) is 5.75 Å². The molecule has 3 aromatic rings. The van der Waals surface area contributed by atoms with Crippen molar-refractivity contribution < 1.29 is 22.7 Å². The molecule has 1 aromatic heterocycles. The lowest BCUT2D eigenvalue weighted by molar-refractivity contribution is -0.274. The van der Waals surface area contributed by atoms with Crippen LogP contribution in [0.4, 0.5) is 13.2 Å². The molecule has 8 heteroatoms. The summed E-state index contributed by atoms with van der Waals surface area (Å²) in [5.41, 5.74) is 2.29. The lowest BCUT2D eigenvalue weighted by Gasteiger charge is -2.16. The molecule has 0 fully saturated rings. The predicted octanol–water partition coefficient (Wildman–Crippen LogP) is 5.99. The van der Waals surface area contributed by atoms with E-state index in [9.17, 15) is 18.0 Å². The van der Waals surface area contributed by atoms with Gasteiger partial charge in [0, 0.05) is 11.7 Å². The Hall–Kier alpha value is -3.29. The first-order valence-electron chi connectivity index (χ1n) is 10.4. The van der Waals surface area contributed by atoms with E-state index >= 15 is 0 Å². The van der Waals surface area contributed by atoms with Gasteiger partial charge in [0.1, 0.15) is 11.4 Å².